The highest BCUT2D eigenvalue weighted by Gasteiger charge is 2.50. The normalized spacial score (nSPS) is 20.3. The Bertz CT molecular complexity index is 2380. The number of rotatable bonds is 36. The number of amides is 2. The number of ether oxygens (including phenoxy) is 1. The number of phosphoric ester groups is 3. The molecule has 1 aliphatic rings. The van der Waals surface area contributed by atoms with E-state index in [0.29, 0.717) is 12.8 Å². The number of hydrogen-bond acceptors (Lipinski definition) is 19. The lowest BCUT2D eigenvalue weighted by atomic mass is 9.87. The van der Waals surface area contributed by atoms with Crippen LogP contribution in [-0.2, 0) is 50.7 Å². The Balaban J connectivity index is 1.28. The molecule has 2 amide bonds. The summed E-state index contributed by atoms with van der Waals surface area (Å²) in [6, 6.07) is 0. The molecule has 2 aromatic heterocycles. The Labute approximate surface area is 434 Å². The summed E-state index contributed by atoms with van der Waals surface area (Å²) in [7, 11) is -16.5. The molecule has 0 aliphatic carbocycles. The largest absolute Gasteiger partial charge is 0.481 e. The maximum absolute atomic E-state index is 12.8. The average molecular weight is 1120 g/mol. The smallest absolute Gasteiger partial charge is 0.393 e. The number of fused-ring (bicyclic) bond motifs is 1. The third-order valence-corrected chi connectivity index (χ3v) is 14.7. The number of imidazole rings is 1. The number of aliphatic hydroxyl groups is 3. The van der Waals surface area contributed by atoms with E-state index in [0.717, 1.165) is 61.1 Å². The van der Waals surface area contributed by atoms with E-state index in [4.69, 9.17) is 19.5 Å². The van der Waals surface area contributed by atoms with Crippen LogP contribution < -0.4 is 16.4 Å². The summed E-state index contributed by atoms with van der Waals surface area (Å²) < 4.78 is 62.5. The summed E-state index contributed by atoms with van der Waals surface area (Å²) in [5, 5.41) is 36.6. The van der Waals surface area contributed by atoms with Crippen LogP contribution in [0.5, 0.6) is 0 Å². The van der Waals surface area contributed by atoms with Crippen LogP contribution in [0.15, 0.2) is 73.4 Å². The Kier molecular flexibility index (Phi) is 28.5. The zero-order valence-corrected chi connectivity index (χ0v) is 45.2. The number of aliphatic hydroxyl groups excluding tert-OH is 3. The van der Waals surface area contributed by atoms with E-state index in [1.54, 1.807) is 0 Å². The van der Waals surface area contributed by atoms with E-state index >= 15 is 0 Å². The quantitative estimate of drug-likeness (QED) is 0.0240. The van der Waals surface area contributed by atoms with E-state index < -0.39 is 90.7 Å². The van der Waals surface area contributed by atoms with Crippen molar-refractivity contribution in [3.05, 3.63) is 73.4 Å². The Hall–Kier alpha value is -3.78. The van der Waals surface area contributed by atoms with Crippen LogP contribution in [0.4, 0.5) is 5.82 Å². The number of carbonyl (C=O) groups excluding carboxylic acids is 3. The fourth-order valence-electron chi connectivity index (χ4n) is 6.77. The highest BCUT2D eigenvalue weighted by molar-refractivity contribution is 8.13. The number of phosphoric acid groups is 3. The monoisotopic (exact) mass is 1120 g/mol. The van der Waals surface area contributed by atoms with Crippen molar-refractivity contribution in [1.82, 2.24) is 30.2 Å². The number of nitrogens with two attached hydrogens (primary N) is 1. The number of anilines is 1. The van der Waals surface area contributed by atoms with Gasteiger partial charge in [-0.1, -0.05) is 106 Å². The molecular formula is C45H72N7O18P3S. The highest BCUT2D eigenvalue weighted by Crippen LogP contribution is 2.61. The molecule has 25 nitrogen and oxygen atoms in total. The fourth-order valence-corrected chi connectivity index (χ4v) is 10.3. The summed E-state index contributed by atoms with van der Waals surface area (Å²) in [6.07, 6.45) is 22.9. The zero-order chi connectivity index (χ0) is 54.8. The molecule has 29 heteroatoms. The predicted octanol–water partition coefficient (Wildman–Crippen LogP) is 5.12. The van der Waals surface area contributed by atoms with Gasteiger partial charge in [-0.15, -0.1) is 0 Å². The van der Waals surface area contributed by atoms with E-state index in [1.807, 2.05) is 12.2 Å². The second-order valence-electron chi connectivity index (χ2n) is 17.5. The van der Waals surface area contributed by atoms with Gasteiger partial charge >= 0.3 is 23.5 Å². The summed E-state index contributed by atoms with van der Waals surface area (Å²) in [6.45, 7) is 2.55. The second kappa shape index (κ2) is 32.7. The van der Waals surface area contributed by atoms with Gasteiger partial charge < -0.3 is 56.0 Å². The molecule has 0 aromatic carbocycles. The van der Waals surface area contributed by atoms with Crippen LogP contribution in [0.1, 0.15) is 104 Å². The molecule has 0 bridgehead atoms. The molecule has 1 fully saturated rings. The van der Waals surface area contributed by atoms with Crippen LogP contribution in [0, 0.1) is 5.41 Å². The lowest BCUT2D eigenvalue weighted by Gasteiger charge is -2.30. The minimum absolute atomic E-state index is 0.0247. The highest BCUT2D eigenvalue weighted by atomic mass is 32.2. The first-order chi connectivity index (χ1) is 34.9. The molecular weight excluding hydrogens is 1050 g/mol. The maximum Gasteiger partial charge on any atom is 0.481 e. The van der Waals surface area contributed by atoms with Crippen LogP contribution in [0.25, 0.3) is 11.2 Å². The van der Waals surface area contributed by atoms with Gasteiger partial charge in [0.1, 0.15) is 36.3 Å². The number of nitrogens with one attached hydrogen (secondary N) is 2. The van der Waals surface area contributed by atoms with Crippen molar-refractivity contribution in [1.29, 1.82) is 0 Å². The summed E-state index contributed by atoms with van der Waals surface area (Å²) in [5.41, 5.74) is 4.24. The SMILES string of the molecule is CCCCCC=CCC=CCC=CCC=CCC=CCCC(O)CC(=O)SCCNC(=O)CCNC(=O)C(O)C(C)(C)COP(=O)(O)OP(=O)(O)OCC1OC(n2cnc3c(N)ncnc32)C(O)C1OP(=O)(O)O. The number of allylic oxidation sites excluding steroid dienone is 10. The van der Waals surface area contributed by atoms with Crippen molar-refractivity contribution in [3.8, 4) is 0 Å². The molecule has 1 saturated heterocycles. The van der Waals surface area contributed by atoms with Crippen molar-refractivity contribution >= 4 is 69.1 Å². The van der Waals surface area contributed by atoms with Gasteiger partial charge in [-0.3, -0.25) is 32.5 Å². The van der Waals surface area contributed by atoms with Crippen LogP contribution in [0.2, 0.25) is 0 Å². The molecule has 0 saturated carbocycles. The minimum Gasteiger partial charge on any atom is -0.393 e. The van der Waals surface area contributed by atoms with Gasteiger partial charge in [-0.25, -0.2) is 28.6 Å². The van der Waals surface area contributed by atoms with Crippen molar-refractivity contribution in [2.45, 2.75) is 135 Å². The van der Waals surface area contributed by atoms with Crippen molar-refractivity contribution in [2.24, 2.45) is 5.41 Å². The second-order valence-corrected chi connectivity index (χ2v) is 22.9. The first-order valence-corrected chi connectivity index (χ1v) is 29.4. The molecule has 3 heterocycles. The maximum atomic E-state index is 12.8. The molecule has 11 N–H and O–H groups in total. The predicted molar refractivity (Wildman–Crippen MR) is 275 cm³/mol. The van der Waals surface area contributed by atoms with Crippen LogP contribution in [0.3, 0.4) is 0 Å². The topological polar surface area (TPSA) is 384 Å². The standard InChI is InChI=1S/C45H72N7O18P3S/c1-4-5-6-7-8-9-10-11-12-13-14-15-16-17-18-19-20-21-22-23-33(53)28-36(55)74-27-26-47-35(54)24-25-48-43(58)40(57)45(2,3)30-67-73(64,65)70-72(62,63)66-29-34-39(69-71(59,60)61)38(56)44(68-34)52-32-51-37-41(46)49-31-50-42(37)52/h8-9,11-12,14-15,17-18,20-21,31-34,38-40,44,53,56-57H,4-7,10,13,16,19,22-30H2,1-3H3,(H,47,54)(H,48,58)(H,62,63)(H,64,65)(H2,46,49,50)(H2,59,60,61). The van der Waals surface area contributed by atoms with Crippen molar-refractivity contribution in [2.75, 3.05) is 37.8 Å². The summed E-state index contributed by atoms with van der Waals surface area (Å²) >= 11 is 0.966. The van der Waals surface area contributed by atoms with Gasteiger partial charge in [0.2, 0.25) is 11.8 Å². The van der Waals surface area contributed by atoms with E-state index in [-0.39, 0.29) is 53.8 Å². The van der Waals surface area contributed by atoms with Crippen molar-refractivity contribution < 1.29 is 85.6 Å². The fraction of sp³-hybridized carbons (Fsp3) is 0.600. The average Bonchev–Trinajstić information content (AvgIpc) is 3.89. The number of carbonyl (C=O) groups is 3. The molecule has 416 valence electrons. The molecule has 8 atom stereocenters. The number of nitrogen functional groups attached to an aromatic ring is 1. The minimum atomic E-state index is -5.60. The lowest BCUT2D eigenvalue weighted by Crippen LogP contribution is -2.46. The first kappa shape index (κ1) is 64.5. The third-order valence-electron chi connectivity index (χ3n) is 10.7. The van der Waals surface area contributed by atoms with Crippen molar-refractivity contribution in [3.63, 3.8) is 0 Å². The summed E-state index contributed by atoms with van der Waals surface area (Å²) in [5.74, 6) is -1.28. The van der Waals surface area contributed by atoms with E-state index in [2.05, 4.69) is 90.0 Å². The van der Waals surface area contributed by atoms with E-state index in [1.165, 1.54) is 33.1 Å². The molecule has 74 heavy (non-hydrogen) atoms. The lowest BCUT2D eigenvalue weighted by molar-refractivity contribution is -0.137. The Morgan fingerprint density at radius 3 is 2.09 bits per heavy atom. The van der Waals surface area contributed by atoms with Gasteiger partial charge in [-0.05, 0) is 51.4 Å². The molecule has 0 spiro atoms. The number of aromatic nitrogens is 4. The molecule has 0 radical (unpaired) electrons. The summed E-state index contributed by atoms with van der Waals surface area (Å²) in [4.78, 5) is 88.6. The first-order valence-electron chi connectivity index (χ1n) is 23.9. The van der Waals surface area contributed by atoms with Crippen LogP contribution >= 0.6 is 35.2 Å². The van der Waals surface area contributed by atoms with Gasteiger partial charge in [0, 0.05) is 37.1 Å². The molecule has 2 aromatic rings. The molecule has 1 aliphatic heterocycles. The van der Waals surface area contributed by atoms with Crippen LogP contribution in [-0.4, -0.2) is 134 Å². The van der Waals surface area contributed by atoms with E-state index in [9.17, 15) is 63.0 Å². The number of unbranched alkanes of at least 4 members (excludes halogenated alkanes) is 3. The number of nitrogens with zero attached hydrogens (tertiary/aromatic N) is 4. The van der Waals surface area contributed by atoms with Gasteiger partial charge in [0.15, 0.2) is 22.8 Å². The zero-order valence-electron chi connectivity index (χ0n) is 41.7. The Morgan fingerprint density at radius 2 is 1.47 bits per heavy atom. The van der Waals surface area contributed by atoms with Gasteiger partial charge in [0.25, 0.3) is 0 Å². The van der Waals surface area contributed by atoms with Gasteiger partial charge in [0.05, 0.1) is 25.6 Å². The third kappa shape index (κ3) is 24.9. The Morgan fingerprint density at radius 1 is 0.865 bits per heavy atom. The number of thioether (sulfide) groups is 1. The molecule has 3 rings (SSSR count). The van der Waals surface area contributed by atoms with Gasteiger partial charge in [-0.2, -0.15) is 4.31 Å². The molecule has 8 unspecified atom stereocenters. The number of hydrogen-bond donors (Lipinski definition) is 10.